The quantitative estimate of drug-likeness (QED) is 0.801. The number of hydrogen-bond donors (Lipinski definition) is 1. The number of imidazole rings is 1. The van der Waals surface area contributed by atoms with E-state index in [1.165, 1.54) is 32.1 Å². The third kappa shape index (κ3) is 2.16. The van der Waals surface area contributed by atoms with E-state index >= 15 is 0 Å². The molecule has 1 unspecified atom stereocenters. The molecule has 2 aliphatic rings. The van der Waals surface area contributed by atoms with E-state index < -0.39 is 0 Å². The number of nitrogens with one attached hydrogen (secondary N) is 1. The highest BCUT2D eigenvalue weighted by Gasteiger charge is 2.26. The Balaban J connectivity index is 1.67. The zero-order valence-electron chi connectivity index (χ0n) is 9.32. The molecule has 2 aliphatic carbocycles. The molecule has 1 heterocycles. The molecule has 3 rings (SSSR count). The second kappa shape index (κ2) is 3.54. The molecule has 0 amide bonds. The van der Waals surface area contributed by atoms with E-state index in [1.807, 2.05) is 6.20 Å². The van der Waals surface area contributed by atoms with E-state index in [1.54, 1.807) is 0 Å². The van der Waals surface area contributed by atoms with E-state index in [9.17, 15) is 0 Å². The molecule has 82 valence electrons. The fourth-order valence-corrected chi connectivity index (χ4v) is 2.14. The Morgan fingerprint density at radius 2 is 2.27 bits per heavy atom. The minimum atomic E-state index is 0.598. The fraction of sp³-hybridized carbons (Fsp3) is 0.750. The Bertz CT molecular complexity index is 336. The molecule has 0 radical (unpaired) electrons. The van der Waals surface area contributed by atoms with Crippen LogP contribution in [0.3, 0.4) is 0 Å². The molecule has 1 aromatic rings. The van der Waals surface area contributed by atoms with Gasteiger partial charge in [0.2, 0.25) is 5.95 Å². The minimum absolute atomic E-state index is 0.598. The van der Waals surface area contributed by atoms with Crippen molar-refractivity contribution in [2.45, 2.75) is 51.1 Å². The van der Waals surface area contributed by atoms with Crippen LogP contribution in [0.5, 0.6) is 0 Å². The van der Waals surface area contributed by atoms with Crippen LogP contribution in [0.15, 0.2) is 12.4 Å². The van der Waals surface area contributed by atoms with Crippen molar-refractivity contribution in [3.05, 3.63) is 12.4 Å². The molecule has 0 aliphatic heterocycles. The summed E-state index contributed by atoms with van der Waals surface area (Å²) in [6.07, 6.45) is 10.8. The van der Waals surface area contributed by atoms with Gasteiger partial charge in [0.05, 0.1) is 0 Å². The Labute approximate surface area is 90.9 Å². The average Bonchev–Trinajstić information content (AvgIpc) is 3.09. The van der Waals surface area contributed by atoms with Crippen LogP contribution in [-0.2, 0) is 0 Å². The lowest BCUT2D eigenvalue weighted by Crippen LogP contribution is -2.12. The lowest BCUT2D eigenvalue weighted by atomic mass is 10.1. The molecule has 0 aromatic carbocycles. The van der Waals surface area contributed by atoms with Crippen molar-refractivity contribution in [2.24, 2.45) is 5.92 Å². The number of hydrogen-bond acceptors (Lipinski definition) is 2. The molecule has 15 heavy (non-hydrogen) atoms. The summed E-state index contributed by atoms with van der Waals surface area (Å²) >= 11 is 0. The van der Waals surface area contributed by atoms with Gasteiger partial charge in [0.1, 0.15) is 0 Å². The van der Waals surface area contributed by atoms with Crippen molar-refractivity contribution >= 4 is 5.95 Å². The molecular weight excluding hydrogens is 186 g/mol. The van der Waals surface area contributed by atoms with Crippen molar-refractivity contribution in [3.8, 4) is 0 Å². The van der Waals surface area contributed by atoms with E-state index in [4.69, 9.17) is 0 Å². The standard InChI is InChI=1S/C12H19N3/c1-9(8-10-2-3-10)15-7-6-13-12(15)14-11-4-5-11/h6-7,9-11H,2-5,8H2,1H3,(H,13,14). The maximum atomic E-state index is 4.40. The highest BCUT2D eigenvalue weighted by Crippen LogP contribution is 2.37. The van der Waals surface area contributed by atoms with Gasteiger partial charge in [-0.1, -0.05) is 12.8 Å². The van der Waals surface area contributed by atoms with Gasteiger partial charge in [-0.05, 0) is 32.1 Å². The van der Waals surface area contributed by atoms with Gasteiger partial charge in [0.15, 0.2) is 0 Å². The predicted molar refractivity (Wildman–Crippen MR) is 60.9 cm³/mol. The first-order valence-corrected chi connectivity index (χ1v) is 6.12. The lowest BCUT2D eigenvalue weighted by Gasteiger charge is -2.16. The number of rotatable bonds is 5. The average molecular weight is 205 g/mol. The first-order chi connectivity index (χ1) is 7.33. The Morgan fingerprint density at radius 1 is 1.47 bits per heavy atom. The smallest absolute Gasteiger partial charge is 0.203 e. The maximum absolute atomic E-state index is 4.40. The number of nitrogens with zero attached hydrogens (tertiary/aromatic N) is 2. The van der Waals surface area contributed by atoms with Gasteiger partial charge in [-0.2, -0.15) is 0 Å². The van der Waals surface area contributed by atoms with Gasteiger partial charge >= 0.3 is 0 Å². The van der Waals surface area contributed by atoms with Crippen LogP contribution in [0.2, 0.25) is 0 Å². The molecule has 2 fully saturated rings. The SMILES string of the molecule is CC(CC1CC1)n1ccnc1NC1CC1. The highest BCUT2D eigenvalue weighted by atomic mass is 15.2. The third-order valence-corrected chi connectivity index (χ3v) is 3.43. The van der Waals surface area contributed by atoms with E-state index in [0.29, 0.717) is 12.1 Å². The fourth-order valence-electron chi connectivity index (χ4n) is 2.14. The van der Waals surface area contributed by atoms with Crippen LogP contribution in [0.25, 0.3) is 0 Å². The first-order valence-electron chi connectivity index (χ1n) is 6.12. The number of anilines is 1. The van der Waals surface area contributed by atoms with E-state index in [2.05, 4.69) is 28.0 Å². The predicted octanol–water partition coefficient (Wildman–Crippen LogP) is 2.82. The monoisotopic (exact) mass is 205 g/mol. The topological polar surface area (TPSA) is 29.9 Å². The van der Waals surface area contributed by atoms with Crippen molar-refractivity contribution in [1.29, 1.82) is 0 Å². The summed E-state index contributed by atoms with van der Waals surface area (Å²) in [5, 5.41) is 3.49. The Morgan fingerprint density at radius 3 is 2.93 bits per heavy atom. The molecule has 3 heteroatoms. The van der Waals surface area contributed by atoms with E-state index in [-0.39, 0.29) is 0 Å². The Hall–Kier alpha value is -0.990. The van der Waals surface area contributed by atoms with Crippen LogP contribution in [0.1, 0.15) is 45.1 Å². The first kappa shape index (κ1) is 9.25. The molecule has 0 bridgehead atoms. The van der Waals surface area contributed by atoms with Crippen LogP contribution in [0, 0.1) is 5.92 Å². The highest BCUT2D eigenvalue weighted by molar-refractivity contribution is 5.30. The molecular formula is C12H19N3. The Kier molecular flexibility index (Phi) is 2.19. The summed E-state index contributed by atoms with van der Waals surface area (Å²) in [5.74, 6) is 2.06. The minimum Gasteiger partial charge on any atom is -0.353 e. The molecule has 0 spiro atoms. The van der Waals surface area contributed by atoms with Crippen molar-refractivity contribution in [3.63, 3.8) is 0 Å². The van der Waals surface area contributed by atoms with Gasteiger partial charge in [-0.3, -0.25) is 0 Å². The van der Waals surface area contributed by atoms with Crippen LogP contribution in [0.4, 0.5) is 5.95 Å². The largest absolute Gasteiger partial charge is 0.353 e. The van der Waals surface area contributed by atoms with Crippen molar-refractivity contribution in [1.82, 2.24) is 9.55 Å². The number of aromatic nitrogens is 2. The molecule has 2 saturated carbocycles. The second-order valence-corrected chi connectivity index (χ2v) is 5.10. The zero-order chi connectivity index (χ0) is 10.3. The van der Waals surface area contributed by atoms with Gasteiger partial charge < -0.3 is 9.88 Å². The van der Waals surface area contributed by atoms with Gasteiger partial charge in [-0.15, -0.1) is 0 Å². The van der Waals surface area contributed by atoms with Gasteiger partial charge in [0, 0.05) is 24.5 Å². The lowest BCUT2D eigenvalue weighted by molar-refractivity contribution is 0.480. The third-order valence-electron chi connectivity index (χ3n) is 3.43. The summed E-state index contributed by atoms with van der Waals surface area (Å²) < 4.78 is 2.30. The summed E-state index contributed by atoms with van der Waals surface area (Å²) in [5.41, 5.74) is 0. The van der Waals surface area contributed by atoms with Crippen molar-refractivity contribution < 1.29 is 0 Å². The molecule has 1 N–H and O–H groups in total. The zero-order valence-corrected chi connectivity index (χ0v) is 9.32. The van der Waals surface area contributed by atoms with Crippen LogP contribution in [-0.4, -0.2) is 15.6 Å². The summed E-state index contributed by atoms with van der Waals surface area (Å²) in [7, 11) is 0. The van der Waals surface area contributed by atoms with E-state index in [0.717, 1.165) is 11.9 Å². The summed E-state index contributed by atoms with van der Waals surface area (Å²) in [6, 6.07) is 1.29. The maximum Gasteiger partial charge on any atom is 0.203 e. The van der Waals surface area contributed by atoms with Crippen molar-refractivity contribution in [2.75, 3.05) is 5.32 Å². The van der Waals surface area contributed by atoms with Gasteiger partial charge in [0.25, 0.3) is 0 Å². The summed E-state index contributed by atoms with van der Waals surface area (Å²) in [4.78, 5) is 4.40. The second-order valence-electron chi connectivity index (χ2n) is 5.10. The molecule has 1 aromatic heterocycles. The molecule has 1 atom stereocenters. The van der Waals surface area contributed by atoms with Crippen LogP contribution < -0.4 is 5.32 Å². The normalized spacial score (nSPS) is 22.7. The van der Waals surface area contributed by atoms with Crippen LogP contribution >= 0.6 is 0 Å². The molecule has 0 saturated heterocycles. The molecule has 3 nitrogen and oxygen atoms in total. The van der Waals surface area contributed by atoms with Gasteiger partial charge in [-0.25, -0.2) is 4.98 Å². The summed E-state index contributed by atoms with van der Waals surface area (Å²) in [6.45, 7) is 2.30.